The molecule has 0 saturated heterocycles. The lowest BCUT2D eigenvalue weighted by Crippen LogP contribution is -2.38. The monoisotopic (exact) mass is 329 g/mol. The fourth-order valence-corrected chi connectivity index (χ4v) is 2.27. The van der Waals surface area contributed by atoms with Gasteiger partial charge in [0.05, 0.1) is 6.61 Å². The number of carbonyl (C=O) groups excluding carboxylic acids is 1. The minimum absolute atomic E-state index is 0.228. The van der Waals surface area contributed by atoms with Crippen molar-refractivity contribution >= 4 is 11.7 Å². The SMILES string of the molecule is CCc1ccc(CN(CCOC)C(=O)Nc2ccc[nH]c2=O)cc1. The van der Waals surface area contributed by atoms with Crippen molar-refractivity contribution in [3.8, 4) is 0 Å². The summed E-state index contributed by atoms with van der Waals surface area (Å²) in [6.45, 7) is 3.41. The molecule has 0 radical (unpaired) electrons. The highest BCUT2D eigenvalue weighted by Gasteiger charge is 2.15. The van der Waals surface area contributed by atoms with Crippen molar-refractivity contribution < 1.29 is 9.53 Å². The number of urea groups is 1. The number of ether oxygens (including phenoxy) is 1. The van der Waals surface area contributed by atoms with Crippen molar-refractivity contribution in [3.05, 3.63) is 64.1 Å². The van der Waals surface area contributed by atoms with Crippen LogP contribution in [0.4, 0.5) is 10.5 Å². The highest BCUT2D eigenvalue weighted by atomic mass is 16.5. The first-order valence-corrected chi connectivity index (χ1v) is 7.94. The van der Waals surface area contributed by atoms with Gasteiger partial charge in [0.1, 0.15) is 5.69 Å². The Balaban J connectivity index is 2.09. The summed E-state index contributed by atoms with van der Waals surface area (Å²) in [6.07, 6.45) is 2.50. The molecule has 0 aliphatic heterocycles. The third kappa shape index (κ3) is 4.96. The quantitative estimate of drug-likeness (QED) is 0.820. The lowest BCUT2D eigenvalue weighted by Gasteiger charge is -2.23. The van der Waals surface area contributed by atoms with Crippen LogP contribution < -0.4 is 10.9 Å². The van der Waals surface area contributed by atoms with E-state index in [1.807, 2.05) is 12.1 Å². The van der Waals surface area contributed by atoms with Crippen LogP contribution in [0.25, 0.3) is 0 Å². The second kappa shape index (κ2) is 8.88. The zero-order chi connectivity index (χ0) is 17.4. The smallest absolute Gasteiger partial charge is 0.322 e. The summed E-state index contributed by atoms with van der Waals surface area (Å²) in [5.41, 5.74) is 2.18. The molecule has 0 bridgehead atoms. The fourth-order valence-electron chi connectivity index (χ4n) is 2.27. The van der Waals surface area contributed by atoms with E-state index in [0.29, 0.717) is 19.7 Å². The number of rotatable bonds is 7. The number of aromatic nitrogens is 1. The number of benzene rings is 1. The molecule has 6 nitrogen and oxygen atoms in total. The Morgan fingerprint density at radius 2 is 1.92 bits per heavy atom. The van der Waals surface area contributed by atoms with Gasteiger partial charge >= 0.3 is 6.03 Å². The summed E-state index contributed by atoms with van der Waals surface area (Å²) in [5, 5.41) is 2.65. The minimum Gasteiger partial charge on any atom is -0.383 e. The van der Waals surface area contributed by atoms with Crippen molar-refractivity contribution in [3.63, 3.8) is 0 Å². The zero-order valence-electron chi connectivity index (χ0n) is 14.0. The number of pyridine rings is 1. The average molecular weight is 329 g/mol. The number of H-pyrrole nitrogens is 1. The molecule has 0 atom stereocenters. The van der Waals surface area contributed by atoms with Crippen molar-refractivity contribution in [1.29, 1.82) is 0 Å². The topological polar surface area (TPSA) is 74.4 Å². The maximum atomic E-state index is 12.5. The second-order valence-corrected chi connectivity index (χ2v) is 5.43. The van der Waals surface area contributed by atoms with E-state index in [0.717, 1.165) is 12.0 Å². The van der Waals surface area contributed by atoms with Crippen molar-refractivity contribution in [2.75, 3.05) is 25.6 Å². The molecular formula is C18H23N3O3. The standard InChI is InChI=1S/C18H23N3O3/c1-3-14-6-8-15(9-7-14)13-21(11-12-24-2)18(23)20-16-5-4-10-19-17(16)22/h4-10H,3,11-13H2,1-2H3,(H,19,22)(H,20,23). The van der Waals surface area contributed by atoms with Crippen molar-refractivity contribution in [1.82, 2.24) is 9.88 Å². The Morgan fingerprint density at radius 3 is 2.54 bits per heavy atom. The maximum Gasteiger partial charge on any atom is 0.322 e. The number of hydrogen-bond acceptors (Lipinski definition) is 3. The van der Waals surface area contributed by atoms with Crippen LogP contribution >= 0.6 is 0 Å². The van der Waals surface area contributed by atoms with Gasteiger partial charge in [0.2, 0.25) is 0 Å². The first-order chi connectivity index (χ1) is 11.6. The molecule has 2 rings (SSSR count). The molecule has 2 aromatic rings. The van der Waals surface area contributed by atoms with Gasteiger partial charge in [0.15, 0.2) is 0 Å². The number of methoxy groups -OCH3 is 1. The van der Waals surface area contributed by atoms with Gasteiger partial charge in [-0.3, -0.25) is 4.79 Å². The first kappa shape index (κ1) is 17.7. The molecule has 1 aromatic heterocycles. The average Bonchev–Trinajstić information content (AvgIpc) is 2.61. The summed E-state index contributed by atoms with van der Waals surface area (Å²) < 4.78 is 5.08. The van der Waals surface area contributed by atoms with E-state index in [2.05, 4.69) is 29.4 Å². The second-order valence-electron chi connectivity index (χ2n) is 5.43. The molecule has 0 aliphatic rings. The van der Waals surface area contributed by atoms with Crippen LogP contribution in [0.15, 0.2) is 47.4 Å². The van der Waals surface area contributed by atoms with Crippen LogP contribution in [0, 0.1) is 0 Å². The molecule has 6 heteroatoms. The number of nitrogens with one attached hydrogen (secondary N) is 2. The fraction of sp³-hybridized carbons (Fsp3) is 0.333. The van der Waals surface area contributed by atoms with E-state index in [-0.39, 0.29) is 17.3 Å². The van der Waals surface area contributed by atoms with Gasteiger partial charge in [-0.05, 0) is 29.7 Å². The van der Waals surface area contributed by atoms with E-state index in [1.54, 1.807) is 24.1 Å². The van der Waals surface area contributed by atoms with Crippen LogP contribution in [-0.4, -0.2) is 36.2 Å². The Bertz CT molecular complexity index is 710. The van der Waals surface area contributed by atoms with Crippen molar-refractivity contribution in [2.24, 2.45) is 0 Å². The zero-order valence-corrected chi connectivity index (χ0v) is 14.0. The largest absolute Gasteiger partial charge is 0.383 e. The summed E-state index contributed by atoms with van der Waals surface area (Å²) >= 11 is 0. The lowest BCUT2D eigenvalue weighted by atomic mass is 10.1. The molecule has 0 spiro atoms. The Kier molecular flexibility index (Phi) is 6.57. The van der Waals surface area contributed by atoms with Gasteiger partial charge in [0, 0.05) is 26.4 Å². The van der Waals surface area contributed by atoms with Gasteiger partial charge in [-0.25, -0.2) is 4.79 Å². The molecule has 0 saturated carbocycles. The molecular weight excluding hydrogens is 306 g/mol. The number of carbonyl (C=O) groups is 1. The summed E-state index contributed by atoms with van der Waals surface area (Å²) in [5.74, 6) is 0. The third-order valence-electron chi connectivity index (χ3n) is 3.72. The molecule has 24 heavy (non-hydrogen) atoms. The van der Waals surface area contributed by atoms with Crippen LogP contribution in [0.2, 0.25) is 0 Å². The third-order valence-corrected chi connectivity index (χ3v) is 3.72. The Hall–Kier alpha value is -2.60. The summed E-state index contributed by atoms with van der Waals surface area (Å²) in [6, 6.07) is 11.1. The number of amides is 2. The highest BCUT2D eigenvalue weighted by Crippen LogP contribution is 2.10. The summed E-state index contributed by atoms with van der Waals surface area (Å²) in [4.78, 5) is 28.4. The Labute approximate surface area is 141 Å². The van der Waals surface area contributed by atoms with E-state index in [1.165, 1.54) is 11.8 Å². The molecule has 2 N–H and O–H groups in total. The molecule has 2 amide bonds. The molecule has 1 aromatic carbocycles. The number of anilines is 1. The highest BCUT2D eigenvalue weighted by molar-refractivity contribution is 5.89. The predicted octanol–water partition coefficient (Wildman–Crippen LogP) is 2.62. The van der Waals surface area contributed by atoms with Gasteiger partial charge in [-0.2, -0.15) is 0 Å². The van der Waals surface area contributed by atoms with Crippen LogP contribution in [0.5, 0.6) is 0 Å². The molecule has 0 fully saturated rings. The summed E-state index contributed by atoms with van der Waals surface area (Å²) in [7, 11) is 1.59. The molecule has 0 unspecified atom stereocenters. The normalized spacial score (nSPS) is 10.4. The number of aryl methyl sites for hydroxylation is 1. The number of nitrogens with zero attached hydrogens (tertiary/aromatic N) is 1. The van der Waals surface area contributed by atoms with Crippen LogP contribution in [0.3, 0.4) is 0 Å². The van der Waals surface area contributed by atoms with Crippen LogP contribution in [0.1, 0.15) is 18.1 Å². The number of aromatic amines is 1. The van der Waals surface area contributed by atoms with Crippen molar-refractivity contribution in [2.45, 2.75) is 19.9 Å². The van der Waals surface area contributed by atoms with E-state index in [9.17, 15) is 9.59 Å². The van der Waals surface area contributed by atoms with Crippen LogP contribution in [-0.2, 0) is 17.7 Å². The van der Waals surface area contributed by atoms with E-state index < -0.39 is 0 Å². The van der Waals surface area contributed by atoms with Gasteiger partial charge in [-0.1, -0.05) is 31.2 Å². The van der Waals surface area contributed by atoms with Gasteiger partial charge in [0.25, 0.3) is 5.56 Å². The van der Waals surface area contributed by atoms with Gasteiger partial charge < -0.3 is 19.9 Å². The number of hydrogen-bond donors (Lipinski definition) is 2. The van der Waals surface area contributed by atoms with Gasteiger partial charge in [-0.15, -0.1) is 0 Å². The van der Waals surface area contributed by atoms with E-state index >= 15 is 0 Å². The Morgan fingerprint density at radius 1 is 1.21 bits per heavy atom. The maximum absolute atomic E-state index is 12.5. The predicted molar refractivity (Wildman–Crippen MR) is 94.2 cm³/mol. The molecule has 128 valence electrons. The molecule has 0 aliphatic carbocycles. The molecule has 1 heterocycles. The minimum atomic E-state index is -0.330. The first-order valence-electron chi connectivity index (χ1n) is 7.94. The van der Waals surface area contributed by atoms with E-state index in [4.69, 9.17) is 4.74 Å². The lowest BCUT2D eigenvalue weighted by molar-refractivity contribution is 0.153.